The largest absolute Gasteiger partial charge is 0.493 e. The predicted octanol–water partition coefficient (Wildman–Crippen LogP) is 0.951. The summed E-state index contributed by atoms with van der Waals surface area (Å²) in [6.45, 7) is 3.43. The molecule has 1 fully saturated rings. The lowest BCUT2D eigenvalue weighted by atomic mass is 9.99. The van der Waals surface area contributed by atoms with Gasteiger partial charge in [-0.1, -0.05) is 11.3 Å². The molecule has 3 heterocycles. The van der Waals surface area contributed by atoms with Gasteiger partial charge in [0.15, 0.2) is 17.5 Å². The molecule has 0 radical (unpaired) electrons. The molecule has 0 saturated carbocycles. The van der Waals surface area contributed by atoms with E-state index in [2.05, 4.69) is 10.1 Å². The van der Waals surface area contributed by atoms with Gasteiger partial charge in [-0.25, -0.2) is 4.98 Å². The Bertz CT molecular complexity index is 978. The van der Waals surface area contributed by atoms with Crippen molar-refractivity contribution < 1.29 is 24.6 Å². The Kier molecular flexibility index (Phi) is 5.13. The number of rotatable bonds is 5. The smallest absolute Gasteiger partial charge is 0.235 e. The first-order chi connectivity index (χ1) is 13.5. The highest BCUT2D eigenvalue weighted by Gasteiger charge is 2.35. The molecule has 0 aliphatic carbocycles. The highest BCUT2D eigenvalue weighted by Crippen LogP contribution is 2.38. The van der Waals surface area contributed by atoms with Crippen LogP contribution in [0.15, 0.2) is 18.2 Å². The molecule has 1 aromatic carbocycles. The Morgan fingerprint density at radius 3 is 2.57 bits per heavy atom. The van der Waals surface area contributed by atoms with E-state index in [0.717, 1.165) is 36.4 Å². The first-order valence-corrected chi connectivity index (χ1v) is 10.1. The quantitative estimate of drug-likeness (QED) is 0.585. The van der Waals surface area contributed by atoms with Gasteiger partial charge in [0.2, 0.25) is 10.8 Å². The van der Waals surface area contributed by atoms with Gasteiger partial charge in [-0.15, -0.1) is 5.10 Å². The normalized spacial score (nSPS) is 21.0. The van der Waals surface area contributed by atoms with Crippen molar-refractivity contribution in [2.45, 2.75) is 31.9 Å². The number of aliphatic hydroxyl groups is 1. The summed E-state index contributed by atoms with van der Waals surface area (Å²) in [7, 11) is 3.23. The number of quaternary nitrogens is 1. The topological polar surface area (TPSA) is 93.6 Å². The number of ether oxygens (including phenoxy) is 2. The minimum Gasteiger partial charge on any atom is -0.493 e. The number of benzene rings is 1. The van der Waals surface area contributed by atoms with Gasteiger partial charge in [-0.3, -0.25) is 0 Å². The molecule has 28 heavy (non-hydrogen) atoms. The number of thiazole rings is 1. The Balaban J connectivity index is 1.81. The Morgan fingerprint density at radius 1 is 1.21 bits per heavy atom. The lowest BCUT2D eigenvalue weighted by Crippen LogP contribution is -3.13. The van der Waals surface area contributed by atoms with Crippen LogP contribution in [-0.2, 0) is 0 Å². The second-order valence-electron chi connectivity index (χ2n) is 7.08. The van der Waals surface area contributed by atoms with Crippen LogP contribution < -0.4 is 14.4 Å². The van der Waals surface area contributed by atoms with Crippen LogP contribution in [0.1, 0.15) is 35.1 Å². The summed E-state index contributed by atoms with van der Waals surface area (Å²) >= 11 is 1.45. The van der Waals surface area contributed by atoms with E-state index in [-0.39, 0.29) is 18.0 Å². The van der Waals surface area contributed by atoms with E-state index in [1.165, 1.54) is 20.8 Å². The lowest BCUT2D eigenvalue weighted by molar-refractivity contribution is -0.931. The summed E-state index contributed by atoms with van der Waals surface area (Å²) in [6, 6.07) is 5.74. The van der Waals surface area contributed by atoms with Crippen LogP contribution in [0.5, 0.6) is 17.4 Å². The molecule has 0 amide bonds. The third-order valence-electron chi connectivity index (χ3n) is 5.31. The third kappa shape index (κ3) is 3.30. The van der Waals surface area contributed by atoms with Crippen LogP contribution in [0.25, 0.3) is 4.96 Å². The van der Waals surface area contributed by atoms with Gasteiger partial charge in [0, 0.05) is 18.4 Å². The van der Waals surface area contributed by atoms with Gasteiger partial charge >= 0.3 is 0 Å². The molecule has 3 aromatic rings. The highest BCUT2D eigenvalue weighted by atomic mass is 32.1. The van der Waals surface area contributed by atoms with Crippen molar-refractivity contribution in [3.63, 3.8) is 0 Å². The van der Waals surface area contributed by atoms with Gasteiger partial charge in [0.25, 0.3) is 0 Å². The molecule has 150 valence electrons. The van der Waals surface area contributed by atoms with Gasteiger partial charge in [0.05, 0.1) is 33.4 Å². The summed E-state index contributed by atoms with van der Waals surface area (Å²) in [4.78, 5) is 7.18. The average molecular weight is 406 g/mol. The number of likely N-dealkylation sites (tertiary alicyclic amines) is 1. The van der Waals surface area contributed by atoms with E-state index in [0.29, 0.717) is 22.3 Å². The molecule has 0 spiro atoms. The van der Waals surface area contributed by atoms with Crippen LogP contribution in [-0.4, -0.2) is 58.2 Å². The number of nitrogens with one attached hydrogen (secondary N) is 1. The van der Waals surface area contributed by atoms with Crippen LogP contribution in [0.2, 0.25) is 0 Å². The third-order valence-corrected chi connectivity index (χ3v) is 6.40. The van der Waals surface area contributed by atoms with Crippen molar-refractivity contribution >= 4 is 16.3 Å². The number of aliphatic hydroxyl groups excluding tert-OH is 1. The maximum Gasteiger partial charge on any atom is 0.235 e. The van der Waals surface area contributed by atoms with Gasteiger partial charge in [-0.2, -0.15) is 4.52 Å². The fraction of sp³-hybridized carbons (Fsp3) is 0.474. The first-order valence-electron chi connectivity index (χ1n) is 9.31. The van der Waals surface area contributed by atoms with Crippen molar-refractivity contribution in [3.05, 3.63) is 34.5 Å². The van der Waals surface area contributed by atoms with E-state index in [1.807, 2.05) is 25.1 Å². The second-order valence-corrected chi connectivity index (χ2v) is 8.09. The monoisotopic (exact) mass is 405 g/mol. The summed E-state index contributed by atoms with van der Waals surface area (Å²) in [6.07, 6.45) is 1.22. The summed E-state index contributed by atoms with van der Waals surface area (Å²) in [5, 5.41) is 25.1. The molecule has 2 aromatic heterocycles. The number of hydrogen-bond acceptors (Lipinski definition) is 7. The van der Waals surface area contributed by atoms with Gasteiger partial charge < -0.3 is 24.6 Å². The Hall–Kier alpha value is -2.36. The second kappa shape index (κ2) is 7.57. The molecule has 1 aliphatic heterocycles. The summed E-state index contributed by atoms with van der Waals surface area (Å²) in [5.41, 5.74) is 1.01. The standard InChI is InChI=1S/C19H24N4O4S/c1-11-20-19-23(21-11)18(25)17(28-19)16(22-8-6-13(24)7-9-22)12-4-5-14(26-2)15(10-12)27-3/h4-5,10,13,16,24-25H,6-9H2,1-3H3/p+1/t16-/m0/s1. The molecule has 8 nitrogen and oxygen atoms in total. The van der Waals surface area contributed by atoms with Crippen molar-refractivity contribution in [1.29, 1.82) is 0 Å². The predicted molar refractivity (Wildman–Crippen MR) is 105 cm³/mol. The molecule has 1 saturated heterocycles. The fourth-order valence-corrected chi connectivity index (χ4v) is 5.09. The molecule has 1 atom stereocenters. The minimum atomic E-state index is -0.256. The number of aryl methyl sites for hydroxylation is 1. The molecule has 9 heteroatoms. The number of aromatic hydroxyl groups is 1. The molecule has 0 bridgehead atoms. The minimum absolute atomic E-state index is 0.110. The molecular weight excluding hydrogens is 380 g/mol. The lowest BCUT2D eigenvalue weighted by Gasteiger charge is -2.33. The van der Waals surface area contributed by atoms with Crippen LogP contribution in [0, 0.1) is 6.92 Å². The number of nitrogens with zero attached hydrogens (tertiary/aromatic N) is 3. The SMILES string of the molecule is COc1ccc([C@@H](c2sc3nc(C)nn3c2O)[NH+]2CCC(O)CC2)cc1OC. The van der Waals surface area contributed by atoms with E-state index >= 15 is 0 Å². The van der Waals surface area contributed by atoms with E-state index in [4.69, 9.17) is 9.47 Å². The zero-order valence-corrected chi connectivity index (χ0v) is 17.0. The van der Waals surface area contributed by atoms with Crippen molar-refractivity contribution in [2.75, 3.05) is 27.3 Å². The van der Waals surface area contributed by atoms with Crippen molar-refractivity contribution in [1.82, 2.24) is 14.6 Å². The summed E-state index contributed by atoms with van der Waals surface area (Å²) < 4.78 is 12.4. The van der Waals surface area contributed by atoms with E-state index in [1.54, 1.807) is 14.2 Å². The van der Waals surface area contributed by atoms with E-state index in [9.17, 15) is 10.2 Å². The zero-order chi connectivity index (χ0) is 19.8. The summed E-state index contributed by atoms with van der Waals surface area (Å²) in [5.74, 6) is 2.07. The Labute approximate surface area is 167 Å². The fourth-order valence-electron chi connectivity index (χ4n) is 3.90. The number of fused-ring (bicyclic) bond motifs is 1. The Morgan fingerprint density at radius 2 is 1.93 bits per heavy atom. The molecule has 1 aliphatic rings. The maximum absolute atomic E-state index is 10.9. The maximum atomic E-state index is 10.9. The number of aromatic nitrogens is 3. The average Bonchev–Trinajstić information content (AvgIpc) is 3.21. The molecule has 3 N–H and O–H groups in total. The molecule has 4 rings (SSSR count). The van der Waals surface area contributed by atoms with Gasteiger partial charge in [0.1, 0.15) is 10.7 Å². The van der Waals surface area contributed by atoms with Crippen LogP contribution in [0.3, 0.4) is 0 Å². The number of methoxy groups -OCH3 is 2. The highest BCUT2D eigenvalue weighted by molar-refractivity contribution is 7.17. The zero-order valence-electron chi connectivity index (χ0n) is 16.2. The van der Waals surface area contributed by atoms with Crippen molar-refractivity contribution in [3.8, 4) is 17.4 Å². The number of piperidine rings is 1. The molecular formula is C19H25N4O4S+. The van der Waals surface area contributed by atoms with Crippen molar-refractivity contribution in [2.24, 2.45) is 0 Å². The first kappa shape index (κ1) is 19.0. The molecule has 0 unspecified atom stereocenters. The number of hydrogen-bond donors (Lipinski definition) is 3. The van der Waals surface area contributed by atoms with Crippen LogP contribution >= 0.6 is 11.3 Å². The van der Waals surface area contributed by atoms with Gasteiger partial charge in [-0.05, 0) is 25.1 Å². The van der Waals surface area contributed by atoms with E-state index < -0.39 is 0 Å². The van der Waals surface area contributed by atoms with Crippen LogP contribution in [0.4, 0.5) is 0 Å².